The Labute approximate surface area is 164 Å². The third-order valence-electron chi connectivity index (χ3n) is 6.11. The van der Waals surface area contributed by atoms with Crippen molar-refractivity contribution in [2.45, 2.75) is 57.4 Å². The maximum Gasteiger partial charge on any atom is 0.232 e. The number of β-lactam (4-membered cyclic amide) rings is 1. The molecule has 0 N–H and O–H groups in total. The summed E-state index contributed by atoms with van der Waals surface area (Å²) in [4.78, 5) is 15.0. The second-order valence-electron chi connectivity index (χ2n) is 8.98. The second kappa shape index (κ2) is 7.61. The van der Waals surface area contributed by atoms with Gasteiger partial charge in [0.05, 0.1) is 18.6 Å². The van der Waals surface area contributed by atoms with Gasteiger partial charge in [-0.25, -0.2) is 0 Å². The number of likely N-dealkylation sites (tertiary alicyclic amines) is 1. The molecule has 1 heterocycles. The molecule has 4 heteroatoms. The highest BCUT2D eigenvalue weighted by molar-refractivity contribution is 6.74. The predicted octanol–water partition coefficient (Wildman–Crippen LogP) is 5.20. The summed E-state index contributed by atoms with van der Waals surface area (Å²) in [6.45, 7) is 12.5. The molecule has 27 heavy (non-hydrogen) atoms. The van der Waals surface area contributed by atoms with Crippen LogP contribution in [0.25, 0.3) is 0 Å². The number of benzene rings is 2. The molecule has 0 radical (unpaired) electrons. The van der Waals surface area contributed by atoms with Crippen molar-refractivity contribution >= 4 is 14.2 Å². The predicted molar refractivity (Wildman–Crippen MR) is 113 cm³/mol. The van der Waals surface area contributed by atoms with Gasteiger partial charge < -0.3 is 9.33 Å². The van der Waals surface area contributed by atoms with Crippen LogP contribution in [0.3, 0.4) is 0 Å². The number of nitrogens with zero attached hydrogens (tertiary/aromatic N) is 1. The van der Waals surface area contributed by atoms with E-state index >= 15 is 0 Å². The summed E-state index contributed by atoms with van der Waals surface area (Å²) in [6.07, 6.45) is 0. The van der Waals surface area contributed by atoms with Crippen molar-refractivity contribution < 1.29 is 9.22 Å². The van der Waals surface area contributed by atoms with Gasteiger partial charge in [-0.2, -0.15) is 0 Å². The molecule has 0 bridgehead atoms. The maximum absolute atomic E-state index is 13.0. The normalized spacial score (nSPS) is 20.5. The fourth-order valence-electron chi connectivity index (χ4n) is 3.30. The van der Waals surface area contributed by atoms with E-state index in [0.717, 1.165) is 11.1 Å². The van der Waals surface area contributed by atoms with Gasteiger partial charge in [-0.3, -0.25) is 4.79 Å². The van der Waals surface area contributed by atoms with Crippen molar-refractivity contribution in [1.29, 1.82) is 0 Å². The summed E-state index contributed by atoms with van der Waals surface area (Å²) in [5.41, 5.74) is 2.25. The molecule has 3 rings (SSSR count). The van der Waals surface area contributed by atoms with E-state index in [-0.39, 0.29) is 22.9 Å². The Morgan fingerprint density at radius 1 is 0.963 bits per heavy atom. The van der Waals surface area contributed by atoms with E-state index in [1.54, 1.807) is 0 Å². The van der Waals surface area contributed by atoms with Crippen LogP contribution >= 0.6 is 0 Å². The zero-order valence-electron chi connectivity index (χ0n) is 17.1. The van der Waals surface area contributed by atoms with Gasteiger partial charge in [-0.1, -0.05) is 81.4 Å². The van der Waals surface area contributed by atoms with Crippen LogP contribution in [0.4, 0.5) is 0 Å². The van der Waals surface area contributed by atoms with Crippen molar-refractivity contribution in [2.75, 3.05) is 6.61 Å². The van der Waals surface area contributed by atoms with Crippen LogP contribution in [0.5, 0.6) is 0 Å². The third kappa shape index (κ3) is 4.17. The van der Waals surface area contributed by atoms with E-state index in [1.807, 2.05) is 41.3 Å². The van der Waals surface area contributed by atoms with Crippen LogP contribution in [-0.2, 0) is 15.8 Å². The van der Waals surface area contributed by atoms with Gasteiger partial charge in [0.2, 0.25) is 5.91 Å². The first-order valence-corrected chi connectivity index (χ1v) is 12.6. The van der Waals surface area contributed by atoms with Crippen molar-refractivity contribution in [3.8, 4) is 0 Å². The van der Waals surface area contributed by atoms with E-state index in [1.165, 1.54) is 0 Å². The molecule has 1 aliphatic heterocycles. The maximum atomic E-state index is 13.0. The minimum absolute atomic E-state index is 0.0919. The molecule has 144 valence electrons. The lowest BCUT2D eigenvalue weighted by Gasteiger charge is -2.49. The number of hydrogen-bond acceptors (Lipinski definition) is 2. The first-order valence-electron chi connectivity index (χ1n) is 9.74. The van der Waals surface area contributed by atoms with E-state index in [4.69, 9.17) is 4.43 Å². The Bertz CT molecular complexity index is 768. The summed E-state index contributed by atoms with van der Waals surface area (Å²) in [7, 11) is -1.86. The molecule has 2 aromatic rings. The van der Waals surface area contributed by atoms with Crippen molar-refractivity contribution in [3.05, 3.63) is 71.8 Å². The summed E-state index contributed by atoms with van der Waals surface area (Å²) in [5, 5.41) is 0.160. The molecular weight excluding hydrogens is 350 g/mol. The van der Waals surface area contributed by atoms with Gasteiger partial charge in [0.1, 0.15) is 0 Å². The fraction of sp³-hybridized carbons (Fsp3) is 0.435. The summed E-state index contributed by atoms with van der Waals surface area (Å²) in [6, 6.07) is 20.4. The van der Waals surface area contributed by atoms with Crippen molar-refractivity contribution in [1.82, 2.24) is 4.90 Å². The SMILES string of the molecule is CC(C)(C)[Si](C)(C)OC[C@H]1[C@@H](c2ccccc2)C(=O)N1Cc1ccccc1. The van der Waals surface area contributed by atoms with E-state index in [2.05, 4.69) is 58.1 Å². The van der Waals surface area contributed by atoms with Gasteiger partial charge in [0, 0.05) is 6.54 Å². The molecular formula is C23H31NO2Si. The van der Waals surface area contributed by atoms with E-state index < -0.39 is 8.32 Å². The number of rotatable bonds is 6. The highest BCUT2D eigenvalue weighted by Crippen LogP contribution is 2.40. The van der Waals surface area contributed by atoms with Gasteiger partial charge in [-0.15, -0.1) is 0 Å². The number of carbonyl (C=O) groups excluding carboxylic acids is 1. The Morgan fingerprint density at radius 3 is 2.07 bits per heavy atom. The minimum Gasteiger partial charge on any atom is -0.415 e. The smallest absolute Gasteiger partial charge is 0.232 e. The van der Waals surface area contributed by atoms with Gasteiger partial charge in [0.25, 0.3) is 0 Å². The number of amides is 1. The van der Waals surface area contributed by atoms with Crippen LogP contribution in [0.15, 0.2) is 60.7 Å². The summed E-state index contributed by atoms with van der Waals surface area (Å²) < 4.78 is 6.51. The number of carbonyl (C=O) groups is 1. The molecule has 1 fully saturated rings. The van der Waals surface area contributed by atoms with Gasteiger partial charge >= 0.3 is 0 Å². The van der Waals surface area contributed by atoms with Crippen molar-refractivity contribution in [3.63, 3.8) is 0 Å². The van der Waals surface area contributed by atoms with Crippen molar-refractivity contribution in [2.24, 2.45) is 0 Å². The Hall–Kier alpha value is -1.91. The van der Waals surface area contributed by atoms with Crippen LogP contribution < -0.4 is 0 Å². The highest BCUT2D eigenvalue weighted by Gasteiger charge is 2.49. The summed E-state index contributed by atoms with van der Waals surface area (Å²) in [5.74, 6) is 0.105. The summed E-state index contributed by atoms with van der Waals surface area (Å²) >= 11 is 0. The van der Waals surface area contributed by atoms with Crippen LogP contribution in [-0.4, -0.2) is 31.8 Å². The topological polar surface area (TPSA) is 29.5 Å². The molecule has 0 saturated carbocycles. The zero-order chi connectivity index (χ0) is 19.7. The number of hydrogen-bond donors (Lipinski definition) is 0. The van der Waals surface area contributed by atoms with Crippen LogP contribution in [0, 0.1) is 0 Å². The second-order valence-corrected chi connectivity index (χ2v) is 13.8. The standard InChI is InChI=1S/C23H31NO2Si/c1-23(2,3)27(4,5)26-17-20-21(19-14-10-7-11-15-19)22(25)24(20)16-18-12-8-6-9-13-18/h6-15,20-21H,16-17H2,1-5H3/t20-,21+/m0/s1. The molecule has 2 atom stereocenters. The van der Waals surface area contributed by atoms with E-state index in [9.17, 15) is 4.79 Å². The molecule has 0 unspecified atom stereocenters. The molecule has 1 aliphatic rings. The largest absolute Gasteiger partial charge is 0.415 e. The molecule has 0 spiro atoms. The lowest BCUT2D eigenvalue weighted by molar-refractivity contribution is -0.153. The Balaban J connectivity index is 1.80. The average molecular weight is 382 g/mol. The van der Waals surface area contributed by atoms with Gasteiger partial charge in [-0.05, 0) is 29.3 Å². The van der Waals surface area contributed by atoms with E-state index in [0.29, 0.717) is 13.2 Å². The lowest BCUT2D eigenvalue weighted by atomic mass is 9.81. The molecule has 1 saturated heterocycles. The average Bonchev–Trinajstić information content (AvgIpc) is 2.63. The van der Waals surface area contributed by atoms with Crippen LogP contribution in [0.2, 0.25) is 18.1 Å². The van der Waals surface area contributed by atoms with Crippen LogP contribution in [0.1, 0.15) is 37.8 Å². The molecule has 3 nitrogen and oxygen atoms in total. The molecule has 0 aliphatic carbocycles. The Morgan fingerprint density at radius 2 is 1.52 bits per heavy atom. The van der Waals surface area contributed by atoms with Gasteiger partial charge in [0.15, 0.2) is 8.32 Å². The Kier molecular flexibility index (Phi) is 5.59. The molecule has 1 amide bonds. The fourth-order valence-corrected chi connectivity index (χ4v) is 4.32. The zero-order valence-corrected chi connectivity index (χ0v) is 18.1. The third-order valence-corrected chi connectivity index (χ3v) is 10.6. The minimum atomic E-state index is -1.86. The quantitative estimate of drug-likeness (QED) is 0.508. The first kappa shape index (κ1) is 19.8. The molecule has 2 aromatic carbocycles. The monoisotopic (exact) mass is 381 g/mol. The highest BCUT2D eigenvalue weighted by atomic mass is 28.4. The molecule has 0 aromatic heterocycles. The lowest BCUT2D eigenvalue weighted by Crippen LogP contribution is -2.61. The first-order chi connectivity index (χ1) is 12.7.